The minimum absolute atomic E-state index is 0.153. The fourth-order valence-corrected chi connectivity index (χ4v) is 4.10. The van der Waals surface area contributed by atoms with Crippen LogP contribution in [0.3, 0.4) is 0 Å². The fourth-order valence-electron chi connectivity index (χ4n) is 3.44. The van der Waals surface area contributed by atoms with Gasteiger partial charge in [0.1, 0.15) is 5.75 Å². The first-order valence-electron chi connectivity index (χ1n) is 9.12. The molecule has 146 valence electrons. The van der Waals surface area contributed by atoms with Crippen molar-refractivity contribution in [2.75, 3.05) is 17.7 Å². The highest BCUT2D eigenvalue weighted by molar-refractivity contribution is 7.08. The fraction of sp³-hybridized carbons (Fsp3) is 0.130. The molecule has 0 unspecified atom stereocenters. The van der Waals surface area contributed by atoms with Crippen LogP contribution in [0.2, 0.25) is 0 Å². The molecule has 0 bridgehead atoms. The molecular formula is C23H20N2O3S. The molecule has 1 aliphatic heterocycles. The number of amides is 2. The quantitative estimate of drug-likeness (QED) is 0.589. The van der Waals surface area contributed by atoms with Crippen molar-refractivity contribution < 1.29 is 14.3 Å². The van der Waals surface area contributed by atoms with Gasteiger partial charge in [-0.1, -0.05) is 6.07 Å². The van der Waals surface area contributed by atoms with Gasteiger partial charge in [-0.25, -0.2) is 0 Å². The zero-order valence-electron chi connectivity index (χ0n) is 16.3. The van der Waals surface area contributed by atoms with Crippen LogP contribution in [0.1, 0.15) is 23.6 Å². The standard InChI is InChI=1S/C23H20N2O3S/c1-13-8-22(28-3)19(15-6-7-29-12-15)9-16(13)10-20-18-5-4-17(24-14(2)26)11-21(18)25-23(20)27/h4-12H,1-3H3,(H,24,26)(H,25,27). The maximum absolute atomic E-state index is 12.6. The first kappa shape index (κ1) is 19.0. The third-order valence-corrected chi connectivity index (χ3v) is 5.53. The molecule has 2 aromatic carbocycles. The molecule has 5 nitrogen and oxygen atoms in total. The molecule has 29 heavy (non-hydrogen) atoms. The van der Waals surface area contributed by atoms with E-state index in [1.54, 1.807) is 30.6 Å². The Hall–Kier alpha value is -3.38. The highest BCUT2D eigenvalue weighted by Gasteiger charge is 2.25. The number of hydrogen-bond donors (Lipinski definition) is 2. The number of rotatable bonds is 4. The Morgan fingerprint density at radius 2 is 2.00 bits per heavy atom. The summed E-state index contributed by atoms with van der Waals surface area (Å²) in [5.74, 6) is 0.492. The molecule has 2 N–H and O–H groups in total. The molecule has 2 heterocycles. The third kappa shape index (κ3) is 3.67. The number of methoxy groups -OCH3 is 1. The Morgan fingerprint density at radius 1 is 1.17 bits per heavy atom. The molecule has 1 aromatic heterocycles. The maximum Gasteiger partial charge on any atom is 0.256 e. The molecule has 0 fully saturated rings. The van der Waals surface area contributed by atoms with Crippen LogP contribution >= 0.6 is 11.3 Å². The van der Waals surface area contributed by atoms with Gasteiger partial charge >= 0.3 is 0 Å². The lowest BCUT2D eigenvalue weighted by Crippen LogP contribution is -2.06. The number of thiophene rings is 1. The van der Waals surface area contributed by atoms with Crippen LogP contribution < -0.4 is 15.4 Å². The summed E-state index contributed by atoms with van der Waals surface area (Å²) in [6.07, 6.45) is 1.91. The van der Waals surface area contributed by atoms with Crippen LogP contribution in [0, 0.1) is 6.92 Å². The molecule has 6 heteroatoms. The number of carbonyl (C=O) groups is 2. The summed E-state index contributed by atoms with van der Waals surface area (Å²) >= 11 is 1.63. The van der Waals surface area contributed by atoms with Gasteiger partial charge in [-0.3, -0.25) is 9.59 Å². The van der Waals surface area contributed by atoms with Gasteiger partial charge < -0.3 is 15.4 Å². The van der Waals surface area contributed by atoms with Crippen molar-refractivity contribution in [3.05, 3.63) is 63.8 Å². The van der Waals surface area contributed by atoms with E-state index in [4.69, 9.17) is 4.74 Å². The summed E-state index contributed by atoms with van der Waals surface area (Å²) in [4.78, 5) is 23.9. The lowest BCUT2D eigenvalue weighted by Gasteiger charge is -2.12. The van der Waals surface area contributed by atoms with Crippen LogP contribution in [-0.2, 0) is 9.59 Å². The molecular weight excluding hydrogens is 384 g/mol. The Labute approximate surface area is 173 Å². The van der Waals surface area contributed by atoms with Crippen molar-refractivity contribution in [3.8, 4) is 16.9 Å². The van der Waals surface area contributed by atoms with Gasteiger partial charge in [0.25, 0.3) is 5.91 Å². The Morgan fingerprint density at radius 3 is 2.69 bits per heavy atom. The largest absolute Gasteiger partial charge is 0.496 e. The smallest absolute Gasteiger partial charge is 0.256 e. The monoisotopic (exact) mass is 404 g/mol. The highest BCUT2D eigenvalue weighted by atomic mass is 32.1. The van der Waals surface area contributed by atoms with E-state index in [0.29, 0.717) is 16.9 Å². The summed E-state index contributed by atoms with van der Waals surface area (Å²) < 4.78 is 5.57. The molecule has 3 aromatic rings. The van der Waals surface area contributed by atoms with E-state index in [2.05, 4.69) is 28.1 Å². The van der Waals surface area contributed by atoms with E-state index in [1.165, 1.54) is 6.92 Å². The van der Waals surface area contributed by atoms with Gasteiger partial charge in [0, 0.05) is 29.3 Å². The lowest BCUT2D eigenvalue weighted by molar-refractivity contribution is -0.114. The van der Waals surface area contributed by atoms with Crippen molar-refractivity contribution in [2.45, 2.75) is 13.8 Å². The molecule has 0 aliphatic carbocycles. The molecule has 1 aliphatic rings. The summed E-state index contributed by atoms with van der Waals surface area (Å²) in [6, 6.07) is 11.5. The number of fused-ring (bicyclic) bond motifs is 1. The number of carbonyl (C=O) groups excluding carboxylic acids is 2. The summed E-state index contributed by atoms with van der Waals surface area (Å²) in [5, 5.41) is 9.72. The van der Waals surface area contributed by atoms with Gasteiger partial charge in [-0.05, 0) is 70.8 Å². The number of nitrogens with one attached hydrogen (secondary N) is 2. The van der Waals surface area contributed by atoms with Crippen LogP contribution in [0.25, 0.3) is 22.8 Å². The summed E-state index contributed by atoms with van der Waals surface area (Å²) in [7, 11) is 1.66. The average molecular weight is 404 g/mol. The number of benzene rings is 2. The first-order valence-corrected chi connectivity index (χ1v) is 10.1. The van der Waals surface area contributed by atoms with Crippen molar-refractivity contribution in [1.29, 1.82) is 0 Å². The van der Waals surface area contributed by atoms with E-state index in [0.717, 1.165) is 33.6 Å². The van der Waals surface area contributed by atoms with Crippen molar-refractivity contribution in [1.82, 2.24) is 0 Å². The topological polar surface area (TPSA) is 67.4 Å². The van der Waals surface area contributed by atoms with Crippen LogP contribution in [0.15, 0.2) is 47.2 Å². The van der Waals surface area contributed by atoms with E-state index in [1.807, 2.05) is 30.5 Å². The van der Waals surface area contributed by atoms with Crippen molar-refractivity contribution >= 4 is 46.2 Å². The van der Waals surface area contributed by atoms with E-state index in [-0.39, 0.29) is 11.8 Å². The van der Waals surface area contributed by atoms with Gasteiger partial charge in [0.05, 0.1) is 12.8 Å². The molecule has 0 radical (unpaired) electrons. The predicted octanol–water partition coefficient (Wildman–Crippen LogP) is 5.18. The van der Waals surface area contributed by atoms with E-state index >= 15 is 0 Å². The van der Waals surface area contributed by atoms with Crippen molar-refractivity contribution in [3.63, 3.8) is 0 Å². The van der Waals surface area contributed by atoms with Crippen molar-refractivity contribution in [2.24, 2.45) is 0 Å². The van der Waals surface area contributed by atoms with Gasteiger partial charge in [-0.15, -0.1) is 0 Å². The first-order chi connectivity index (χ1) is 14.0. The minimum atomic E-state index is -0.160. The number of anilines is 2. The molecule has 4 rings (SSSR count). The highest BCUT2D eigenvalue weighted by Crippen LogP contribution is 2.38. The van der Waals surface area contributed by atoms with Crippen LogP contribution in [-0.4, -0.2) is 18.9 Å². The molecule has 2 amide bonds. The Bertz CT molecular complexity index is 1150. The van der Waals surface area contributed by atoms with Gasteiger partial charge in [-0.2, -0.15) is 11.3 Å². The molecule has 0 saturated heterocycles. The summed E-state index contributed by atoms with van der Waals surface area (Å²) in [5.41, 5.74) is 6.80. The normalized spacial score (nSPS) is 13.9. The van der Waals surface area contributed by atoms with E-state index in [9.17, 15) is 9.59 Å². The average Bonchev–Trinajstić information content (AvgIpc) is 3.30. The van der Waals surface area contributed by atoms with Crippen LogP contribution in [0.5, 0.6) is 5.75 Å². The second-order valence-electron chi connectivity index (χ2n) is 6.87. The molecule has 0 spiro atoms. The number of hydrogen-bond acceptors (Lipinski definition) is 4. The third-order valence-electron chi connectivity index (χ3n) is 4.84. The summed E-state index contributed by atoms with van der Waals surface area (Å²) in [6.45, 7) is 3.45. The zero-order valence-corrected chi connectivity index (χ0v) is 17.1. The van der Waals surface area contributed by atoms with Gasteiger partial charge in [0.2, 0.25) is 5.91 Å². The molecule has 0 saturated carbocycles. The lowest BCUT2D eigenvalue weighted by atomic mass is 9.97. The second-order valence-corrected chi connectivity index (χ2v) is 7.65. The SMILES string of the molecule is COc1cc(C)c(C=C2C(=O)Nc3cc(NC(C)=O)ccc32)cc1-c1ccsc1. The second kappa shape index (κ2) is 7.56. The maximum atomic E-state index is 12.6. The number of ether oxygens (including phenoxy) is 1. The number of aryl methyl sites for hydroxylation is 1. The minimum Gasteiger partial charge on any atom is -0.496 e. The molecule has 0 atom stereocenters. The zero-order chi connectivity index (χ0) is 20.5. The van der Waals surface area contributed by atoms with Gasteiger partial charge in [0.15, 0.2) is 0 Å². The van der Waals surface area contributed by atoms with Crippen LogP contribution in [0.4, 0.5) is 11.4 Å². The Balaban J connectivity index is 1.78. The van der Waals surface area contributed by atoms with E-state index < -0.39 is 0 Å². The Kier molecular flexibility index (Phi) is 4.94. The predicted molar refractivity (Wildman–Crippen MR) is 118 cm³/mol.